The lowest BCUT2D eigenvalue weighted by atomic mass is 9.70. The lowest BCUT2D eigenvalue weighted by Crippen LogP contribution is -2.41. The van der Waals surface area contributed by atoms with Crippen molar-refractivity contribution in [2.45, 2.75) is 26.4 Å². The van der Waals surface area contributed by atoms with Gasteiger partial charge in [-0.1, -0.05) is 57.2 Å². The predicted molar refractivity (Wildman–Crippen MR) is 73.1 cm³/mol. The number of aliphatic hydroxyl groups is 1. The maximum atomic E-state index is 11.2. The first kappa shape index (κ1) is 12.8. The molecule has 2 nitrogen and oxygen atoms in total. The first-order valence-corrected chi connectivity index (χ1v) is 6.15. The van der Waals surface area contributed by atoms with Crippen LogP contribution in [0.25, 0.3) is 0 Å². The summed E-state index contributed by atoms with van der Waals surface area (Å²) in [5.74, 6) is 0. The summed E-state index contributed by atoms with van der Waals surface area (Å²) in [7, 11) is 0. The molecule has 1 atom stereocenters. The monoisotopic (exact) mass is 241 g/mol. The van der Waals surface area contributed by atoms with Crippen molar-refractivity contribution in [2.75, 3.05) is 0 Å². The fourth-order valence-electron chi connectivity index (χ4n) is 2.22. The average molecular weight is 241 g/mol. The van der Waals surface area contributed by atoms with Gasteiger partial charge in [0.2, 0.25) is 0 Å². The quantitative estimate of drug-likeness (QED) is 0.874. The number of hydrogen-bond acceptors (Lipinski definition) is 2. The topological polar surface area (TPSA) is 33.1 Å². The summed E-state index contributed by atoms with van der Waals surface area (Å²) >= 11 is 0. The molecule has 0 fully saturated rings. The minimum absolute atomic E-state index is 0.345. The number of hydrogen-bond donors (Lipinski definition) is 1. The summed E-state index contributed by atoms with van der Waals surface area (Å²) in [5.41, 5.74) is 0.123. The summed E-state index contributed by atoms with van der Waals surface area (Å²) < 4.78 is 0. The van der Waals surface area contributed by atoms with Crippen LogP contribution in [0.15, 0.2) is 54.7 Å². The third-order valence-electron chi connectivity index (χ3n) is 3.31. The Hall–Kier alpha value is -1.67. The Kier molecular flexibility index (Phi) is 3.22. The van der Waals surface area contributed by atoms with E-state index in [1.165, 1.54) is 0 Å². The van der Waals surface area contributed by atoms with Gasteiger partial charge in [0.25, 0.3) is 0 Å². The van der Waals surface area contributed by atoms with Crippen LogP contribution in [0, 0.1) is 5.41 Å². The average Bonchev–Trinajstić information content (AvgIpc) is 2.38. The molecule has 0 bridgehead atoms. The van der Waals surface area contributed by atoms with Crippen LogP contribution < -0.4 is 0 Å². The molecule has 2 heteroatoms. The standard InChI is InChI=1S/C16H19NO/c1-15(2,3)16(18,13-9-5-4-6-10-13)14-11-7-8-12-17-14/h4-12,18H,1-3H3. The zero-order valence-corrected chi connectivity index (χ0v) is 11.1. The molecule has 18 heavy (non-hydrogen) atoms. The van der Waals surface area contributed by atoms with Crippen LogP contribution in [0.3, 0.4) is 0 Å². The Morgan fingerprint density at radius 2 is 1.50 bits per heavy atom. The second kappa shape index (κ2) is 4.54. The van der Waals surface area contributed by atoms with E-state index < -0.39 is 5.60 Å². The predicted octanol–water partition coefficient (Wildman–Crippen LogP) is 3.36. The highest BCUT2D eigenvalue weighted by Gasteiger charge is 2.44. The van der Waals surface area contributed by atoms with Crippen molar-refractivity contribution in [3.05, 3.63) is 66.0 Å². The largest absolute Gasteiger partial charge is 0.378 e. The van der Waals surface area contributed by atoms with Crippen molar-refractivity contribution in [1.82, 2.24) is 4.98 Å². The third-order valence-corrected chi connectivity index (χ3v) is 3.31. The second-order valence-electron chi connectivity index (χ2n) is 5.54. The SMILES string of the molecule is CC(C)(C)C(O)(c1ccccc1)c1ccccn1. The maximum Gasteiger partial charge on any atom is 0.136 e. The summed E-state index contributed by atoms with van der Waals surface area (Å²) in [6, 6.07) is 15.4. The molecule has 1 unspecified atom stereocenters. The zero-order chi connectivity index (χ0) is 13.2. The van der Waals surface area contributed by atoms with Gasteiger partial charge in [0, 0.05) is 11.6 Å². The van der Waals surface area contributed by atoms with Crippen molar-refractivity contribution in [2.24, 2.45) is 5.41 Å². The fraction of sp³-hybridized carbons (Fsp3) is 0.312. The summed E-state index contributed by atoms with van der Waals surface area (Å²) in [6.45, 7) is 6.07. The molecular formula is C16H19NO. The Labute approximate surface area is 108 Å². The van der Waals surface area contributed by atoms with E-state index in [1.807, 2.05) is 69.3 Å². The smallest absolute Gasteiger partial charge is 0.136 e. The van der Waals surface area contributed by atoms with Crippen LogP contribution >= 0.6 is 0 Å². The Balaban J connectivity index is 2.63. The number of pyridine rings is 1. The van der Waals surface area contributed by atoms with Crippen molar-refractivity contribution >= 4 is 0 Å². The Bertz CT molecular complexity index is 460. The van der Waals surface area contributed by atoms with E-state index in [1.54, 1.807) is 6.20 Å². The van der Waals surface area contributed by atoms with Crippen LogP contribution in [0.4, 0.5) is 0 Å². The molecule has 0 saturated carbocycles. The maximum absolute atomic E-state index is 11.2. The van der Waals surface area contributed by atoms with Gasteiger partial charge in [0.1, 0.15) is 5.60 Å². The van der Waals surface area contributed by atoms with Crippen LogP contribution in [-0.2, 0) is 5.60 Å². The minimum atomic E-state index is -1.09. The van der Waals surface area contributed by atoms with E-state index in [0.29, 0.717) is 5.69 Å². The molecule has 0 saturated heterocycles. The van der Waals surface area contributed by atoms with Crippen molar-refractivity contribution < 1.29 is 5.11 Å². The Morgan fingerprint density at radius 1 is 0.889 bits per heavy atom. The molecule has 0 aliphatic rings. The molecule has 1 heterocycles. The Morgan fingerprint density at radius 3 is 2.00 bits per heavy atom. The van der Waals surface area contributed by atoms with Gasteiger partial charge in [-0.05, 0) is 17.7 Å². The molecule has 0 radical (unpaired) electrons. The number of nitrogens with zero attached hydrogens (tertiary/aromatic N) is 1. The van der Waals surface area contributed by atoms with E-state index in [4.69, 9.17) is 0 Å². The molecule has 0 spiro atoms. The van der Waals surface area contributed by atoms with Crippen LogP contribution in [0.5, 0.6) is 0 Å². The van der Waals surface area contributed by atoms with Gasteiger partial charge in [-0.3, -0.25) is 4.98 Å². The number of benzene rings is 1. The summed E-state index contributed by atoms with van der Waals surface area (Å²) in [6.07, 6.45) is 1.72. The van der Waals surface area contributed by atoms with Crippen LogP contribution in [-0.4, -0.2) is 10.1 Å². The van der Waals surface area contributed by atoms with E-state index in [0.717, 1.165) is 5.56 Å². The van der Waals surface area contributed by atoms with Gasteiger partial charge in [0.15, 0.2) is 0 Å². The van der Waals surface area contributed by atoms with Crippen LogP contribution in [0.1, 0.15) is 32.0 Å². The molecule has 94 valence electrons. The molecular weight excluding hydrogens is 222 g/mol. The van der Waals surface area contributed by atoms with Gasteiger partial charge in [0.05, 0.1) is 5.69 Å². The molecule has 0 aliphatic heterocycles. The van der Waals surface area contributed by atoms with Crippen molar-refractivity contribution in [1.29, 1.82) is 0 Å². The lowest BCUT2D eigenvalue weighted by molar-refractivity contribution is -0.0295. The number of aromatic nitrogens is 1. The lowest BCUT2D eigenvalue weighted by Gasteiger charge is -2.40. The molecule has 0 amide bonds. The molecule has 2 rings (SSSR count). The molecule has 2 aromatic rings. The third kappa shape index (κ3) is 2.04. The highest BCUT2D eigenvalue weighted by atomic mass is 16.3. The molecule has 1 aromatic heterocycles. The zero-order valence-electron chi connectivity index (χ0n) is 11.1. The molecule has 0 aliphatic carbocycles. The van der Waals surface area contributed by atoms with Gasteiger partial charge >= 0.3 is 0 Å². The fourth-order valence-corrected chi connectivity index (χ4v) is 2.22. The highest BCUT2D eigenvalue weighted by molar-refractivity contribution is 5.34. The first-order valence-electron chi connectivity index (χ1n) is 6.15. The highest BCUT2D eigenvalue weighted by Crippen LogP contribution is 2.43. The van der Waals surface area contributed by atoms with Crippen LogP contribution in [0.2, 0.25) is 0 Å². The van der Waals surface area contributed by atoms with E-state index in [2.05, 4.69) is 4.98 Å². The van der Waals surface area contributed by atoms with Gasteiger partial charge < -0.3 is 5.11 Å². The van der Waals surface area contributed by atoms with Gasteiger partial charge in [-0.2, -0.15) is 0 Å². The summed E-state index contributed by atoms with van der Waals surface area (Å²) in [5, 5.41) is 11.2. The van der Waals surface area contributed by atoms with E-state index in [-0.39, 0.29) is 5.41 Å². The number of rotatable bonds is 2. The van der Waals surface area contributed by atoms with Crippen molar-refractivity contribution in [3.63, 3.8) is 0 Å². The second-order valence-corrected chi connectivity index (χ2v) is 5.54. The van der Waals surface area contributed by atoms with E-state index >= 15 is 0 Å². The van der Waals surface area contributed by atoms with Gasteiger partial charge in [-0.25, -0.2) is 0 Å². The van der Waals surface area contributed by atoms with Crippen molar-refractivity contribution in [3.8, 4) is 0 Å². The normalized spacial score (nSPS) is 15.1. The summed E-state index contributed by atoms with van der Waals surface area (Å²) in [4.78, 5) is 4.34. The van der Waals surface area contributed by atoms with E-state index in [9.17, 15) is 5.11 Å². The molecule has 1 aromatic carbocycles. The molecule has 1 N–H and O–H groups in total. The minimum Gasteiger partial charge on any atom is -0.378 e. The van der Waals surface area contributed by atoms with Gasteiger partial charge in [-0.15, -0.1) is 0 Å². The first-order chi connectivity index (χ1) is 8.46.